The molecule has 2 fully saturated rings. The third-order valence-electron chi connectivity index (χ3n) is 6.31. The van der Waals surface area contributed by atoms with Gasteiger partial charge in [0.05, 0.1) is 6.61 Å². The Morgan fingerprint density at radius 2 is 1.83 bits per heavy atom. The lowest BCUT2D eigenvalue weighted by Gasteiger charge is -2.33. The van der Waals surface area contributed by atoms with E-state index >= 15 is 0 Å². The molecular formula is C27H36O2. The molecular weight excluding hydrogens is 356 g/mol. The summed E-state index contributed by atoms with van der Waals surface area (Å²) in [7, 11) is 0. The summed E-state index contributed by atoms with van der Waals surface area (Å²) >= 11 is 0. The van der Waals surface area contributed by atoms with Gasteiger partial charge in [-0.05, 0) is 85.3 Å². The standard InChI is InChI=1S/C24H28O2.C3H8/c1-15-12-22-20(24(2,3)10-11-25-22)14-18(15)13-19-8-9-21(26-19)23(16-4-5-16)17-6-7-17;1-3-2/h8-9,12,14,16H,4-7,10-11,13H2,1-3H3;3H2,1-2H3. The fraction of sp³-hybridized carbons (Fsp3) is 0.556. The van der Waals surface area contributed by atoms with E-state index in [0.29, 0.717) is 0 Å². The SMILES string of the molecule is CCC.Cc1cc2c(cc1Cc1ccc(C(=C3CC3)C3CC3)o1)C(C)(C)CCO2. The van der Waals surface area contributed by atoms with Crippen LogP contribution in [-0.4, -0.2) is 6.61 Å². The highest BCUT2D eigenvalue weighted by Crippen LogP contribution is 2.50. The molecule has 0 unspecified atom stereocenters. The molecule has 5 rings (SSSR count). The topological polar surface area (TPSA) is 22.4 Å². The number of ether oxygens (including phenoxy) is 1. The highest BCUT2D eigenvalue weighted by Gasteiger charge is 2.34. The molecule has 0 radical (unpaired) electrons. The van der Waals surface area contributed by atoms with Crippen molar-refractivity contribution in [1.82, 2.24) is 0 Å². The van der Waals surface area contributed by atoms with Gasteiger partial charge in [-0.25, -0.2) is 0 Å². The summed E-state index contributed by atoms with van der Waals surface area (Å²) in [6, 6.07) is 8.96. The maximum absolute atomic E-state index is 6.31. The van der Waals surface area contributed by atoms with Crippen molar-refractivity contribution in [2.45, 2.75) is 85.0 Å². The summed E-state index contributed by atoms with van der Waals surface area (Å²) in [5.74, 6) is 4.05. The van der Waals surface area contributed by atoms with Crippen LogP contribution in [0.4, 0.5) is 0 Å². The van der Waals surface area contributed by atoms with Crippen LogP contribution in [0.15, 0.2) is 34.3 Å². The van der Waals surface area contributed by atoms with Gasteiger partial charge in [-0.1, -0.05) is 45.8 Å². The van der Waals surface area contributed by atoms with Crippen LogP contribution < -0.4 is 4.74 Å². The van der Waals surface area contributed by atoms with Gasteiger partial charge in [-0.3, -0.25) is 0 Å². The number of hydrogen-bond acceptors (Lipinski definition) is 2. The molecule has 156 valence electrons. The molecule has 1 aliphatic heterocycles. The molecule has 0 saturated heterocycles. The summed E-state index contributed by atoms with van der Waals surface area (Å²) in [5, 5.41) is 0. The van der Waals surface area contributed by atoms with Crippen LogP contribution in [0.5, 0.6) is 5.75 Å². The number of aryl methyl sites for hydroxylation is 1. The first-order valence-electron chi connectivity index (χ1n) is 11.5. The predicted octanol–water partition coefficient (Wildman–Crippen LogP) is 7.61. The number of furan rings is 1. The quantitative estimate of drug-likeness (QED) is 0.534. The largest absolute Gasteiger partial charge is 0.493 e. The van der Waals surface area contributed by atoms with Crippen LogP contribution in [0.25, 0.3) is 5.57 Å². The van der Waals surface area contributed by atoms with Crippen LogP contribution in [0.3, 0.4) is 0 Å². The third-order valence-corrected chi connectivity index (χ3v) is 6.31. The maximum atomic E-state index is 6.31. The molecule has 2 heteroatoms. The Kier molecular flexibility index (Phi) is 5.64. The number of benzene rings is 1. The molecule has 0 atom stereocenters. The van der Waals surface area contributed by atoms with Crippen molar-refractivity contribution in [3.05, 3.63) is 58.0 Å². The molecule has 0 N–H and O–H groups in total. The van der Waals surface area contributed by atoms with E-state index in [9.17, 15) is 0 Å². The maximum Gasteiger partial charge on any atom is 0.130 e. The van der Waals surface area contributed by atoms with Gasteiger partial charge in [-0.2, -0.15) is 0 Å². The zero-order valence-corrected chi connectivity index (χ0v) is 18.9. The van der Waals surface area contributed by atoms with Crippen molar-refractivity contribution in [1.29, 1.82) is 0 Å². The molecule has 1 aromatic heterocycles. The fourth-order valence-electron chi connectivity index (χ4n) is 4.29. The molecule has 2 aromatic rings. The average Bonchev–Trinajstić information content (AvgIpc) is 3.58. The van der Waals surface area contributed by atoms with E-state index < -0.39 is 0 Å². The molecule has 29 heavy (non-hydrogen) atoms. The Morgan fingerprint density at radius 3 is 2.48 bits per heavy atom. The van der Waals surface area contributed by atoms with Crippen LogP contribution in [-0.2, 0) is 11.8 Å². The van der Waals surface area contributed by atoms with Crippen molar-refractivity contribution in [3.63, 3.8) is 0 Å². The van der Waals surface area contributed by atoms with Crippen LogP contribution in [0.2, 0.25) is 0 Å². The molecule has 2 aliphatic carbocycles. The second kappa shape index (κ2) is 8.05. The number of allylic oxidation sites excluding steroid dienone is 2. The molecule has 2 saturated carbocycles. The normalized spacial score (nSPS) is 19.0. The van der Waals surface area contributed by atoms with Gasteiger partial charge < -0.3 is 9.15 Å². The van der Waals surface area contributed by atoms with Crippen molar-refractivity contribution in [2.24, 2.45) is 5.92 Å². The van der Waals surface area contributed by atoms with E-state index in [1.807, 2.05) is 0 Å². The zero-order chi connectivity index (χ0) is 20.6. The van der Waals surface area contributed by atoms with Crippen LogP contribution >= 0.6 is 0 Å². The smallest absolute Gasteiger partial charge is 0.130 e. The first kappa shape index (κ1) is 20.3. The number of hydrogen-bond donors (Lipinski definition) is 0. The van der Waals surface area contributed by atoms with E-state index in [0.717, 1.165) is 42.6 Å². The van der Waals surface area contributed by atoms with Gasteiger partial charge in [0, 0.05) is 12.0 Å². The van der Waals surface area contributed by atoms with Gasteiger partial charge >= 0.3 is 0 Å². The van der Waals surface area contributed by atoms with Crippen molar-refractivity contribution in [2.75, 3.05) is 6.61 Å². The highest BCUT2D eigenvalue weighted by molar-refractivity contribution is 5.71. The Morgan fingerprint density at radius 1 is 1.10 bits per heavy atom. The molecule has 2 heterocycles. The third kappa shape index (κ3) is 4.47. The predicted molar refractivity (Wildman–Crippen MR) is 121 cm³/mol. The molecule has 0 bridgehead atoms. The minimum absolute atomic E-state index is 0.180. The van der Waals surface area contributed by atoms with Crippen LogP contribution in [0.1, 0.15) is 94.4 Å². The zero-order valence-electron chi connectivity index (χ0n) is 18.9. The van der Waals surface area contributed by atoms with E-state index in [-0.39, 0.29) is 5.41 Å². The molecule has 0 amide bonds. The van der Waals surface area contributed by atoms with Crippen molar-refractivity contribution >= 4 is 5.57 Å². The van der Waals surface area contributed by atoms with Gasteiger partial charge in [0.15, 0.2) is 0 Å². The summed E-state index contributed by atoms with van der Waals surface area (Å²) in [4.78, 5) is 0. The monoisotopic (exact) mass is 392 g/mol. The first-order valence-corrected chi connectivity index (χ1v) is 11.5. The fourth-order valence-corrected chi connectivity index (χ4v) is 4.29. The van der Waals surface area contributed by atoms with E-state index in [1.54, 1.807) is 5.57 Å². The lowest BCUT2D eigenvalue weighted by Crippen LogP contribution is -2.27. The summed E-state index contributed by atoms with van der Waals surface area (Å²) < 4.78 is 12.2. The van der Waals surface area contributed by atoms with Crippen LogP contribution in [0, 0.1) is 12.8 Å². The minimum atomic E-state index is 0.180. The summed E-state index contributed by atoms with van der Waals surface area (Å²) in [6.45, 7) is 11.9. The second-order valence-corrected chi connectivity index (χ2v) is 9.70. The number of fused-ring (bicyclic) bond motifs is 1. The van der Waals surface area contributed by atoms with E-state index in [4.69, 9.17) is 9.15 Å². The van der Waals surface area contributed by atoms with Crippen molar-refractivity contribution < 1.29 is 9.15 Å². The Labute approximate surface area is 176 Å². The van der Waals surface area contributed by atoms with Gasteiger partial charge in [0.2, 0.25) is 0 Å². The molecule has 3 aliphatic rings. The number of rotatable bonds is 4. The summed E-state index contributed by atoms with van der Waals surface area (Å²) in [5.41, 5.74) is 7.35. The van der Waals surface area contributed by atoms with E-state index in [1.165, 1.54) is 54.4 Å². The minimum Gasteiger partial charge on any atom is -0.493 e. The van der Waals surface area contributed by atoms with Gasteiger partial charge in [0.1, 0.15) is 17.3 Å². The van der Waals surface area contributed by atoms with Gasteiger partial charge in [0.25, 0.3) is 0 Å². The molecule has 2 nitrogen and oxygen atoms in total. The summed E-state index contributed by atoms with van der Waals surface area (Å²) in [6.07, 6.45) is 8.43. The Balaban J connectivity index is 0.000000645. The highest BCUT2D eigenvalue weighted by atomic mass is 16.5. The second-order valence-electron chi connectivity index (χ2n) is 9.70. The lowest BCUT2D eigenvalue weighted by molar-refractivity contribution is 0.233. The van der Waals surface area contributed by atoms with Gasteiger partial charge in [-0.15, -0.1) is 0 Å². The first-order chi connectivity index (χ1) is 13.9. The Bertz CT molecular complexity index is 903. The Hall–Kier alpha value is -1.96. The van der Waals surface area contributed by atoms with E-state index in [2.05, 4.69) is 58.9 Å². The van der Waals surface area contributed by atoms with Crippen molar-refractivity contribution in [3.8, 4) is 5.75 Å². The molecule has 0 spiro atoms. The lowest BCUT2D eigenvalue weighted by atomic mass is 9.78. The average molecular weight is 393 g/mol. The molecule has 1 aromatic carbocycles.